The Bertz CT molecular complexity index is 1230. The van der Waals surface area contributed by atoms with Crippen LogP contribution in [-0.4, -0.2) is 24.5 Å². The Balaban J connectivity index is 1.65. The van der Waals surface area contributed by atoms with Gasteiger partial charge in [-0.25, -0.2) is 18.2 Å². The zero-order valence-corrected chi connectivity index (χ0v) is 18.2. The number of hydrogen-bond acceptors (Lipinski definition) is 5. The molecule has 2 N–H and O–H groups in total. The molecule has 0 saturated carbocycles. The zero-order valence-electron chi connectivity index (χ0n) is 16.6. The average Bonchev–Trinajstić information content (AvgIpc) is 2.72. The molecular weight excluding hydrogens is 465 g/mol. The van der Waals surface area contributed by atoms with E-state index < -0.39 is 27.7 Å². The van der Waals surface area contributed by atoms with Gasteiger partial charge in [0, 0.05) is 5.75 Å². The summed E-state index contributed by atoms with van der Waals surface area (Å²) < 4.78 is 65.3. The van der Waals surface area contributed by atoms with E-state index in [0.29, 0.717) is 21.9 Å². The molecule has 0 radical (unpaired) electrons. The summed E-state index contributed by atoms with van der Waals surface area (Å²) in [7, 11) is -4.02. The van der Waals surface area contributed by atoms with Crippen LogP contribution in [0.1, 0.15) is 27.0 Å². The van der Waals surface area contributed by atoms with Crippen LogP contribution < -0.4 is 4.72 Å². The van der Waals surface area contributed by atoms with Gasteiger partial charge in [-0.3, -0.25) is 4.72 Å². The predicted octanol–water partition coefficient (Wildman–Crippen LogP) is 5.20. The van der Waals surface area contributed by atoms with E-state index in [-0.39, 0.29) is 16.1 Å². The Hall–Kier alpha value is -3.05. The first-order valence-electron chi connectivity index (χ1n) is 9.07. The lowest BCUT2D eigenvalue weighted by Crippen LogP contribution is -2.14. The Labute approximate surface area is 186 Å². The van der Waals surface area contributed by atoms with Crippen LogP contribution in [0, 0.1) is 6.92 Å². The molecule has 0 atom stereocenters. The summed E-state index contributed by atoms with van der Waals surface area (Å²) >= 11 is 1.28. The molecule has 0 unspecified atom stereocenters. The number of benzene rings is 2. The number of halogens is 3. The zero-order chi connectivity index (χ0) is 23.5. The molecule has 2 aromatic carbocycles. The number of rotatable bonds is 7. The summed E-state index contributed by atoms with van der Waals surface area (Å²) in [5, 5.41) is 9.73. The summed E-state index contributed by atoms with van der Waals surface area (Å²) in [5.41, 5.74) is 0.475. The van der Waals surface area contributed by atoms with Gasteiger partial charge < -0.3 is 5.11 Å². The fraction of sp³-hybridized carbons (Fsp3) is 0.143. The van der Waals surface area contributed by atoms with Crippen molar-refractivity contribution in [3.05, 3.63) is 83.0 Å². The number of pyridine rings is 1. The third kappa shape index (κ3) is 5.80. The van der Waals surface area contributed by atoms with Crippen LogP contribution in [0.5, 0.6) is 0 Å². The van der Waals surface area contributed by atoms with Crippen LogP contribution in [-0.2, 0) is 22.0 Å². The quantitative estimate of drug-likeness (QED) is 0.450. The largest absolute Gasteiger partial charge is 0.478 e. The molecule has 0 amide bonds. The van der Waals surface area contributed by atoms with E-state index in [1.165, 1.54) is 48.3 Å². The molecule has 32 heavy (non-hydrogen) atoms. The molecule has 0 bridgehead atoms. The van der Waals surface area contributed by atoms with E-state index >= 15 is 0 Å². The predicted molar refractivity (Wildman–Crippen MR) is 114 cm³/mol. The molecule has 11 heteroatoms. The van der Waals surface area contributed by atoms with Crippen LogP contribution in [0.3, 0.4) is 0 Å². The minimum Gasteiger partial charge on any atom is -0.478 e. The minimum absolute atomic E-state index is 0.110. The number of aromatic carboxylic acids is 1. The van der Waals surface area contributed by atoms with E-state index in [2.05, 4.69) is 9.71 Å². The van der Waals surface area contributed by atoms with Gasteiger partial charge in [0.05, 0.1) is 32.9 Å². The molecule has 1 aromatic heterocycles. The highest BCUT2D eigenvalue weighted by Crippen LogP contribution is 2.30. The lowest BCUT2D eigenvalue weighted by molar-refractivity contribution is -0.137. The van der Waals surface area contributed by atoms with Gasteiger partial charge >= 0.3 is 12.1 Å². The maximum absolute atomic E-state index is 12.6. The van der Waals surface area contributed by atoms with Gasteiger partial charge in [0.1, 0.15) is 0 Å². The maximum atomic E-state index is 12.6. The smallest absolute Gasteiger partial charge is 0.416 e. The number of sulfonamides is 1. The van der Waals surface area contributed by atoms with E-state index in [1.807, 2.05) is 0 Å². The standard InChI is InChI=1S/C21H17F3N2O4S2/c1-13-2-8-17(10-18(13)20(27)28)32(29,30)26-16-7-9-19(25-11-16)31-12-14-3-5-15(6-4-14)21(22,23)24/h2-11,26H,12H2,1H3,(H,27,28). The van der Waals surface area contributed by atoms with Gasteiger partial charge in [-0.15, -0.1) is 11.8 Å². The highest BCUT2D eigenvalue weighted by atomic mass is 32.2. The van der Waals surface area contributed by atoms with E-state index in [4.69, 9.17) is 0 Å². The Morgan fingerprint density at radius 3 is 2.34 bits per heavy atom. The molecule has 0 fully saturated rings. The lowest BCUT2D eigenvalue weighted by Gasteiger charge is -2.10. The van der Waals surface area contributed by atoms with Gasteiger partial charge in [0.2, 0.25) is 0 Å². The number of carbonyl (C=O) groups is 1. The first-order valence-corrected chi connectivity index (χ1v) is 11.5. The third-order valence-corrected chi connectivity index (χ3v) is 6.80. The second-order valence-electron chi connectivity index (χ2n) is 6.76. The number of thioether (sulfide) groups is 1. The number of hydrogen-bond donors (Lipinski definition) is 2. The topological polar surface area (TPSA) is 96.4 Å². The van der Waals surface area contributed by atoms with Crippen LogP contribution in [0.25, 0.3) is 0 Å². The molecule has 3 aromatic rings. The van der Waals surface area contributed by atoms with Gasteiger partial charge in [0.15, 0.2) is 0 Å². The highest BCUT2D eigenvalue weighted by Gasteiger charge is 2.29. The van der Waals surface area contributed by atoms with Gasteiger partial charge in [0.25, 0.3) is 10.0 Å². The Kier molecular flexibility index (Phi) is 6.79. The van der Waals surface area contributed by atoms with Crippen molar-refractivity contribution in [3.63, 3.8) is 0 Å². The van der Waals surface area contributed by atoms with Crippen LogP contribution >= 0.6 is 11.8 Å². The number of nitrogens with zero attached hydrogens (tertiary/aromatic N) is 1. The molecule has 6 nitrogen and oxygen atoms in total. The Morgan fingerprint density at radius 2 is 1.78 bits per heavy atom. The van der Waals surface area contributed by atoms with Crippen molar-refractivity contribution >= 4 is 33.4 Å². The third-order valence-electron chi connectivity index (χ3n) is 4.41. The summed E-state index contributed by atoms with van der Waals surface area (Å²) in [4.78, 5) is 15.2. The fourth-order valence-corrected chi connectivity index (χ4v) is 4.55. The van der Waals surface area contributed by atoms with Crippen molar-refractivity contribution in [1.29, 1.82) is 0 Å². The molecule has 0 aliphatic heterocycles. The monoisotopic (exact) mass is 482 g/mol. The molecule has 1 heterocycles. The first kappa shape index (κ1) is 23.6. The van der Waals surface area contributed by atoms with E-state index in [0.717, 1.165) is 18.2 Å². The number of alkyl halides is 3. The van der Waals surface area contributed by atoms with Crippen LogP contribution in [0.4, 0.5) is 18.9 Å². The van der Waals surface area contributed by atoms with E-state index in [9.17, 15) is 31.5 Å². The molecule has 0 aliphatic rings. The first-order chi connectivity index (χ1) is 15.0. The molecule has 0 spiro atoms. The normalized spacial score (nSPS) is 11.9. The number of anilines is 1. The minimum atomic E-state index is -4.38. The molecule has 3 rings (SSSR count). The summed E-state index contributed by atoms with van der Waals surface area (Å²) in [6.45, 7) is 1.57. The second kappa shape index (κ2) is 9.21. The summed E-state index contributed by atoms with van der Waals surface area (Å²) in [6.07, 6.45) is -3.08. The van der Waals surface area contributed by atoms with Gasteiger partial charge in [-0.05, 0) is 54.4 Å². The number of carboxylic acid groups (broad SMARTS) is 1. The van der Waals surface area contributed by atoms with Crippen molar-refractivity contribution in [2.45, 2.75) is 28.8 Å². The van der Waals surface area contributed by atoms with Crippen molar-refractivity contribution in [3.8, 4) is 0 Å². The van der Waals surface area contributed by atoms with Gasteiger partial charge in [-0.2, -0.15) is 13.2 Å². The Morgan fingerprint density at radius 1 is 1.09 bits per heavy atom. The second-order valence-corrected chi connectivity index (χ2v) is 9.43. The summed E-state index contributed by atoms with van der Waals surface area (Å²) in [5.74, 6) is -0.840. The number of aromatic nitrogens is 1. The van der Waals surface area contributed by atoms with E-state index in [1.54, 1.807) is 13.0 Å². The number of aryl methyl sites for hydroxylation is 1. The molecule has 0 saturated heterocycles. The highest BCUT2D eigenvalue weighted by molar-refractivity contribution is 7.98. The maximum Gasteiger partial charge on any atom is 0.416 e. The SMILES string of the molecule is Cc1ccc(S(=O)(=O)Nc2ccc(SCc3ccc(C(F)(F)F)cc3)nc2)cc1C(=O)O. The van der Waals surface area contributed by atoms with Crippen LogP contribution in [0.15, 0.2) is 70.7 Å². The van der Waals surface area contributed by atoms with Crippen molar-refractivity contribution in [2.24, 2.45) is 0 Å². The molecular formula is C21H17F3N2O4S2. The number of carboxylic acids is 1. The molecule has 168 valence electrons. The molecule has 0 aliphatic carbocycles. The number of nitrogens with one attached hydrogen (secondary N) is 1. The van der Waals surface area contributed by atoms with Crippen molar-refractivity contribution in [1.82, 2.24) is 4.98 Å². The fourth-order valence-electron chi connectivity index (χ4n) is 2.69. The van der Waals surface area contributed by atoms with Crippen molar-refractivity contribution in [2.75, 3.05) is 4.72 Å². The average molecular weight is 483 g/mol. The van der Waals surface area contributed by atoms with Crippen LogP contribution in [0.2, 0.25) is 0 Å². The van der Waals surface area contributed by atoms with Gasteiger partial charge in [-0.1, -0.05) is 18.2 Å². The van der Waals surface area contributed by atoms with Crippen molar-refractivity contribution < 1.29 is 31.5 Å². The summed E-state index contributed by atoms with van der Waals surface area (Å²) in [6, 6.07) is 11.7. The lowest BCUT2D eigenvalue weighted by atomic mass is 10.1.